The molecule has 0 fully saturated rings. The summed E-state index contributed by atoms with van der Waals surface area (Å²) in [6, 6.07) is 0. The number of nitrogens with zero attached hydrogens (tertiary/aromatic N) is 3. The molecule has 0 aliphatic heterocycles. The van der Waals surface area contributed by atoms with Crippen molar-refractivity contribution in [2.45, 2.75) is 19.4 Å². The molecule has 0 saturated heterocycles. The molecule has 13 heavy (non-hydrogen) atoms. The maximum atomic E-state index is 2.23. The van der Waals surface area contributed by atoms with E-state index in [2.05, 4.69) is 53.9 Å². The first-order valence-corrected chi connectivity index (χ1v) is 4.84. The van der Waals surface area contributed by atoms with Crippen molar-refractivity contribution in [3.05, 3.63) is 18.7 Å². The van der Waals surface area contributed by atoms with Crippen LogP contribution in [-0.2, 0) is 13.6 Å². The molecule has 74 valence electrons. The van der Waals surface area contributed by atoms with E-state index in [0.29, 0.717) is 0 Å². The van der Waals surface area contributed by atoms with Gasteiger partial charge in [0, 0.05) is 0 Å². The Balaban J connectivity index is 2.13. The second-order valence-corrected chi connectivity index (χ2v) is 3.83. The van der Waals surface area contributed by atoms with Crippen LogP contribution in [0.15, 0.2) is 18.7 Å². The fourth-order valence-corrected chi connectivity index (χ4v) is 1.36. The fourth-order valence-electron chi connectivity index (χ4n) is 1.36. The lowest BCUT2D eigenvalue weighted by atomic mass is 10.3. The van der Waals surface area contributed by atoms with E-state index >= 15 is 0 Å². The first-order valence-electron chi connectivity index (χ1n) is 4.84. The molecule has 0 atom stereocenters. The molecule has 0 unspecified atom stereocenters. The van der Waals surface area contributed by atoms with E-state index in [0.717, 1.165) is 6.54 Å². The Morgan fingerprint density at radius 1 is 1.31 bits per heavy atom. The monoisotopic (exact) mass is 182 g/mol. The molecule has 1 aromatic heterocycles. The van der Waals surface area contributed by atoms with Gasteiger partial charge < -0.3 is 4.90 Å². The summed E-state index contributed by atoms with van der Waals surface area (Å²) in [5.41, 5.74) is 0. The summed E-state index contributed by atoms with van der Waals surface area (Å²) in [4.78, 5) is 2.23. The van der Waals surface area contributed by atoms with Gasteiger partial charge in [0.2, 0.25) is 6.33 Å². The van der Waals surface area contributed by atoms with Gasteiger partial charge in [-0.1, -0.05) is 0 Å². The summed E-state index contributed by atoms with van der Waals surface area (Å²) in [6.07, 6.45) is 8.85. The van der Waals surface area contributed by atoms with Crippen molar-refractivity contribution < 1.29 is 4.57 Å². The Morgan fingerprint density at radius 3 is 2.62 bits per heavy atom. The Bertz CT molecular complexity index is 240. The van der Waals surface area contributed by atoms with Gasteiger partial charge in [-0.2, -0.15) is 0 Å². The predicted molar refractivity (Wildman–Crippen MR) is 53.4 cm³/mol. The van der Waals surface area contributed by atoms with Crippen molar-refractivity contribution in [1.82, 2.24) is 9.47 Å². The van der Waals surface area contributed by atoms with Gasteiger partial charge in [-0.3, -0.25) is 0 Å². The minimum Gasteiger partial charge on any atom is -0.309 e. The van der Waals surface area contributed by atoms with Crippen LogP contribution >= 0.6 is 0 Å². The van der Waals surface area contributed by atoms with Crippen molar-refractivity contribution in [3.63, 3.8) is 0 Å². The summed E-state index contributed by atoms with van der Waals surface area (Å²) >= 11 is 0. The molecule has 3 nitrogen and oxygen atoms in total. The van der Waals surface area contributed by atoms with Crippen LogP contribution in [0.3, 0.4) is 0 Å². The average molecular weight is 182 g/mol. The minimum atomic E-state index is 1.13. The van der Waals surface area contributed by atoms with Gasteiger partial charge in [-0.15, -0.1) is 0 Å². The van der Waals surface area contributed by atoms with Crippen LogP contribution < -0.4 is 4.57 Å². The Hall–Kier alpha value is -0.830. The Kier molecular flexibility index (Phi) is 3.96. The molecule has 0 N–H and O–H groups in total. The van der Waals surface area contributed by atoms with Gasteiger partial charge in [0.05, 0.1) is 13.6 Å². The standard InChI is InChI=1S/C10H20N3/c1-11(2)6-4-5-7-13-9-8-12(3)10-13/h8-10H,4-7H2,1-3H3/q+1. The highest BCUT2D eigenvalue weighted by molar-refractivity contribution is 4.65. The van der Waals surface area contributed by atoms with Crippen LogP contribution in [0.5, 0.6) is 0 Å². The van der Waals surface area contributed by atoms with Gasteiger partial charge in [-0.25, -0.2) is 9.13 Å². The highest BCUT2D eigenvalue weighted by atomic mass is 15.1. The summed E-state index contributed by atoms with van der Waals surface area (Å²) < 4.78 is 4.31. The van der Waals surface area contributed by atoms with E-state index in [9.17, 15) is 0 Å². The van der Waals surface area contributed by atoms with Crippen LogP contribution in [0.2, 0.25) is 0 Å². The smallest absolute Gasteiger partial charge is 0.243 e. The van der Waals surface area contributed by atoms with Crippen LogP contribution in [0, 0.1) is 0 Å². The molecule has 0 bridgehead atoms. The normalized spacial score (nSPS) is 11.1. The van der Waals surface area contributed by atoms with E-state index in [1.165, 1.54) is 19.4 Å². The van der Waals surface area contributed by atoms with E-state index in [4.69, 9.17) is 0 Å². The Morgan fingerprint density at radius 2 is 2.08 bits per heavy atom. The number of unbranched alkanes of at least 4 members (excludes halogenated alkanes) is 1. The number of rotatable bonds is 5. The SMILES string of the molecule is CN(C)CCCCn1cc[n+](C)c1. The fraction of sp³-hybridized carbons (Fsp3) is 0.700. The topological polar surface area (TPSA) is 12.1 Å². The zero-order valence-electron chi connectivity index (χ0n) is 8.90. The summed E-state index contributed by atoms with van der Waals surface area (Å²) in [6.45, 7) is 2.32. The molecule has 3 heteroatoms. The minimum absolute atomic E-state index is 1.13. The third-order valence-electron chi connectivity index (χ3n) is 2.10. The molecule has 0 amide bonds. The van der Waals surface area contributed by atoms with Crippen LogP contribution in [0.25, 0.3) is 0 Å². The average Bonchev–Trinajstić information content (AvgIpc) is 2.45. The first-order chi connectivity index (χ1) is 6.18. The van der Waals surface area contributed by atoms with Crippen molar-refractivity contribution in [1.29, 1.82) is 0 Å². The molecule has 1 heterocycles. The zero-order chi connectivity index (χ0) is 9.68. The third kappa shape index (κ3) is 4.08. The molecule has 0 saturated carbocycles. The van der Waals surface area contributed by atoms with Gasteiger partial charge >= 0.3 is 0 Å². The molecular weight excluding hydrogens is 162 g/mol. The van der Waals surface area contributed by atoms with Gasteiger partial charge in [0.25, 0.3) is 0 Å². The van der Waals surface area contributed by atoms with Crippen LogP contribution in [-0.4, -0.2) is 30.1 Å². The highest BCUT2D eigenvalue weighted by Crippen LogP contribution is 1.94. The lowest BCUT2D eigenvalue weighted by Crippen LogP contribution is -2.23. The highest BCUT2D eigenvalue weighted by Gasteiger charge is 1.99. The summed E-state index contributed by atoms with van der Waals surface area (Å²) in [7, 11) is 6.29. The van der Waals surface area contributed by atoms with Crippen molar-refractivity contribution in [2.24, 2.45) is 7.05 Å². The van der Waals surface area contributed by atoms with Gasteiger partial charge in [0.15, 0.2) is 0 Å². The molecule has 0 spiro atoms. The molecule has 0 aliphatic carbocycles. The third-order valence-corrected chi connectivity index (χ3v) is 2.10. The maximum absolute atomic E-state index is 2.23. The van der Waals surface area contributed by atoms with Crippen molar-refractivity contribution in [3.8, 4) is 0 Å². The van der Waals surface area contributed by atoms with E-state index in [1.54, 1.807) is 0 Å². The molecule has 0 radical (unpaired) electrons. The maximum Gasteiger partial charge on any atom is 0.243 e. The molecule has 0 aromatic carbocycles. The largest absolute Gasteiger partial charge is 0.309 e. The lowest BCUT2D eigenvalue weighted by molar-refractivity contribution is -0.671. The molecule has 1 rings (SSSR count). The lowest BCUT2D eigenvalue weighted by Gasteiger charge is -2.07. The molecule has 1 aromatic rings. The van der Waals surface area contributed by atoms with Gasteiger partial charge in [-0.05, 0) is 33.5 Å². The predicted octanol–water partition coefficient (Wildman–Crippen LogP) is 0.654. The van der Waals surface area contributed by atoms with E-state index < -0.39 is 0 Å². The second-order valence-electron chi connectivity index (χ2n) is 3.83. The number of aryl methyl sites for hydroxylation is 2. The second kappa shape index (κ2) is 5.02. The van der Waals surface area contributed by atoms with E-state index in [-0.39, 0.29) is 0 Å². The summed E-state index contributed by atoms with van der Waals surface area (Å²) in [5, 5.41) is 0. The number of hydrogen-bond donors (Lipinski definition) is 0. The van der Waals surface area contributed by atoms with E-state index in [1.807, 2.05) is 0 Å². The number of hydrogen-bond acceptors (Lipinski definition) is 1. The van der Waals surface area contributed by atoms with Crippen LogP contribution in [0.1, 0.15) is 12.8 Å². The van der Waals surface area contributed by atoms with Crippen LogP contribution in [0.4, 0.5) is 0 Å². The van der Waals surface area contributed by atoms with Gasteiger partial charge in [0.1, 0.15) is 12.4 Å². The zero-order valence-corrected chi connectivity index (χ0v) is 8.90. The van der Waals surface area contributed by atoms with Crippen molar-refractivity contribution in [2.75, 3.05) is 20.6 Å². The first kappa shape index (κ1) is 10.3. The quantitative estimate of drug-likeness (QED) is 0.481. The number of imidazole rings is 1. The molecule has 0 aliphatic rings. The summed E-state index contributed by atoms with van der Waals surface area (Å²) in [5.74, 6) is 0. The Labute approximate surface area is 80.6 Å². The molecular formula is C10H20N3+. The van der Waals surface area contributed by atoms with Crippen molar-refractivity contribution >= 4 is 0 Å². The number of aromatic nitrogens is 2.